The van der Waals surface area contributed by atoms with Crippen LogP contribution in [0.3, 0.4) is 0 Å². The van der Waals surface area contributed by atoms with Crippen LogP contribution < -0.4 is 11.1 Å². The number of rotatable bonds is 6. The van der Waals surface area contributed by atoms with Crippen molar-refractivity contribution in [3.05, 3.63) is 129 Å². The first kappa shape index (κ1) is 22.0. The Hall–Kier alpha value is -4.45. The average Bonchev–Trinajstić information content (AvgIpc) is 3.43. The summed E-state index contributed by atoms with van der Waals surface area (Å²) in [4.78, 5) is 31.7. The third-order valence-electron chi connectivity index (χ3n) is 7.04. The van der Waals surface area contributed by atoms with Crippen molar-refractivity contribution in [1.29, 1.82) is 0 Å². The zero-order valence-electron chi connectivity index (χ0n) is 20.0. The van der Waals surface area contributed by atoms with E-state index in [2.05, 4.69) is 11.1 Å². The first-order chi connectivity index (χ1) is 17.6. The number of para-hydroxylation sites is 2. The van der Waals surface area contributed by atoms with E-state index in [9.17, 15) is 9.59 Å². The standard InChI is InChI=1S/C30H26N4O2/c1-21-29-27(18-28(35)32(21)17-16-23-19-31-26-15-9-8-14-25(23)26)33(20-22-10-4-2-5-11-22)34(30(29)36)24-12-6-3-7-13-24/h2-15,18-19,23H,16-17,20H2,1H3/t23-/m1/s1. The molecule has 0 bridgehead atoms. The summed E-state index contributed by atoms with van der Waals surface area (Å²) in [6.45, 7) is 2.87. The fourth-order valence-corrected chi connectivity index (χ4v) is 5.23. The highest BCUT2D eigenvalue weighted by Gasteiger charge is 2.22. The van der Waals surface area contributed by atoms with Crippen molar-refractivity contribution in [1.82, 2.24) is 13.9 Å². The van der Waals surface area contributed by atoms with Gasteiger partial charge in [-0.25, -0.2) is 4.68 Å². The number of aliphatic imine (C=N–C) groups is 1. The van der Waals surface area contributed by atoms with Crippen molar-refractivity contribution < 1.29 is 0 Å². The van der Waals surface area contributed by atoms with E-state index in [0.717, 1.165) is 23.4 Å². The van der Waals surface area contributed by atoms with Crippen LogP contribution >= 0.6 is 0 Å². The predicted octanol–water partition coefficient (Wildman–Crippen LogP) is 5.20. The van der Waals surface area contributed by atoms with Gasteiger partial charge in [-0.2, -0.15) is 0 Å². The van der Waals surface area contributed by atoms with E-state index in [4.69, 9.17) is 0 Å². The Bertz CT molecular complexity index is 1710. The third-order valence-corrected chi connectivity index (χ3v) is 7.04. The van der Waals surface area contributed by atoms with Crippen molar-refractivity contribution in [2.24, 2.45) is 4.99 Å². The molecule has 6 nitrogen and oxygen atoms in total. The number of benzene rings is 3. The fraction of sp³-hybridized carbons (Fsp3) is 0.167. The molecular weight excluding hydrogens is 448 g/mol. The van der Waals surface area contributed by atoms with Gasteiger partial charge in [0.25, 0.3) is 11.1 Å². The summed E-state index contributed by atoms with van der Waals surface area (Å²) in [5.74, 6) is 0.159. The maximum absolute atomic E-state index is 13.9. The van der Waals surface area contributed by atoms with E-state index in [1.165, 1.54) is 5.56 Å². The van der Waals surface area contributed by atoms with Gasteiger partial charge in [0.1, 0.15) is 0 Å². The lowest BCUT2D eigenvalue weighted by molar-refractivity contribution is 0.597. The molecule has 0 unspecified atom stereocenters. The minimum absolute atomic E-state index is 0.102. The van der Waals surface area contributed by atoms with Crippen LogP contribution in [0.5, 0.6) is 0 Å². The Morgan fingerprint density at radius 1 is 0.861 bits per heavy atom. The predicted molar refractivity (Wildman–Crippen MR) is 144 cm³/mol. The van der Waals surface area contributed by atoms with Gasteiger partial charge in [0, 0.05) is 30.4 Å². The molecular formula is C30H26N4O2. The molecule has 3 aromatic carbocycles. The van der Waals surface area contributed by atoms with Crippen LogP contribution in [0.25, 0.3) is 16.6 Å². The minimum Gasteiger partial charge on any atom is -0.312 e. The Labute approximate surface area is 208 Å². The molecule has 0 aliphatic carbocycles. The SMILES string of the molecule is Cc1c2c(=O)n(-c3ccccc3)n(Cc3ccccc3)c2cc(=O)n1CC[C@@H]1C=Nc2ccccc21. The maximum Gasteiger partial charge on any atom is 0.281 e. The summed E-state index contributed by atoms with van der Waals surface area (Å²) >= 11 is 0. The summed E-state index contributed by atoms with van der Waals surface area (Å²) in [6, 6.07) is 29.3. The van der Waals surface area contributed by atoms with Crippen LogP contribution in [-0.2, 0) is 13.1 Å². The Morgan fingerprint density at radius 3 is 2.33 bits per heavy atom. The van der Waals surface area contributed by atoms with E-state index < -0.39 is 0 Å². The minimum atomic E-state index is -0.119. The van der Waals surface area contributed by atoms with Gasteiger partial charge < -0.3 is 4.57 Å². The lowest BCUT2D eigenvalue weighted by atomic mass is 9.98. The van der Waals surface area contributed by atoms with Crippen molar-refractivity contribution >= 4 is 22.8 Å². The highest BCUT2D eigenvalue weighted by molar-refractivity contribution is 5.82. The summed E-state index contributed by atoms with van der Waals surface area (Å²) in [6.07, 6.45) is 2.70. The second-order valence-electron chi connectivity index (χ2n) is 9.21. The molecule has 1 aliphatic rings. The van der Waals surface area contributed by atoms with Crippen molar-refractivity contribution in [3.63, 3.8) is 0 Å². The second kappa shape index (κ2) is 8.96. The lowest BCUT2D eigenvalue weighted by Gasteiger charge is -2.15. The molecule has 178 valence electrons. The second-order valence-corrected chi connectivity index (χ2v) is 9.21. The summed E-state index contributed by atoms with van der Waals surface area (Å²) < 4.78 is 5.34. The average molecular weight is 475 g/mol. The van der Waals surface area contributed by atoms with E-state index >= 15 is 0 Å². The monoisotopic (exact) mass is 474 g/mol. The zero-order valence-corrected chi connectivity index (χ0v) is 20.0. The first-order valence-electron chi connectivity index (χ1n) is 12.2. The summed E-state index contributed by atoms with van der Waals surface area (Å²) in [7, 11) is 0. The molecule has 0 N–H and O–H groups in total. The molecule has 6 heteroatoms. The molecule has 0 spiro atoms. The molecule has 0 saturated heterocycles. The largest absolute Gasteiger partial charge is 0.312 e. The number of hydrogen-bond acceptors (Lipinski definition) is 3. The number of nitrogens with zero attached hydrogens (tertiary/aromatic N) is 4. The van der Waals surface area contributed by atoms with Crippen molar-refractivity contribution in [2.45, 2.75) is 32.4 Å². The molecule has 6 rings (SSSR count). The van der Waals surface area contributed by atoms with Crippen LogP contribution in [-0.4, -0.2) is 20.1 Å². The van der Waals surface area contributed by atoms with E-state index in [1.54, 1.807) is 15.3 Å². The topological polar surface area (TPSA) is 61.3 Å². The van der Waals surface area contributed by atoms with Crippen molar-refractivity contribution in [2.75, 3.05) is 0 Å². The third kappa shape index (κ3) is 3.71. The van der Waals surface area contributed by atoms with E-state index in [1.807, 2.05) is 96.7 Å². The molecule has 0 radical (unpaired) electrons. The number of hydrogen-bond donors (Lipinski definition) is 0. The van der Waals surface area contributed by atoms with Gasteiger partial charge in [-0.05, 0) is 42.7 Å². The van der Waals surface area contributed by atoms with Crippen LogP contribution in [0, 0.1) is 6.92 Å². The quantitative estimate of drug-likeness (QED) is 0.340. The Morgan fingerprint density at radius 2 is 1.56 bits per heavy atom. The van der Waals surface area contributed by atoms with Gasteiger partial charge in [0.05, 0.1) is 28.8 Å². The first-order valence-corrected chi connectivity index (χ1v) is 12.2. The van der Waals surface area contributed by atoms with Crippen molar-refractivity contribution in [3.8, 4) is 5.69 Å². The number of aromatic nitrogens is 3. The van der Waals surface area contributed by atoms with Gasteiger partial charge in [0.2, 0.25) is 0 Å². The molecule has 0 saturated carbocycles. The molecule has 3 heterocycles. The van der Waals surface area contributed by atoms with Crippen LogP contribution in [0.1, 0.15) is 29.2 Å². The summed E-state index contributed by atoms with van der Waals surface area (Å²) in [5.41, 5.74) is 5.13. The highest BCUT2D eigenvalue weighted by atomic mass is 16.1. The fourth-order valence-electron chi connectivity index (χ4n) is 5.23. The van der Waals surface area contributed by atoms with Gasteiger partial charge in [-0.3, -0.25) is 19.3 Å². The smallest absolute Gasteiger partial charge is 0.281 e. The van der Waals surface area contributed by atoms with Gasteiger partial charge in [0.15, 0.2) is 0 Å². The molecule has 0 amide bonds. The summed E-state index contributed by atoms with van der Waals surface area (Å²) in [5, 5.41) is 0.579. The van der Waals surface area contributed by atoms with Crippen LogP contribution in [0.15, 0.2) is 106 Å². The van der Waals surface area contributed by atoms with E-state index in [-0.39, 0.29) is 17.0 Å². The Kier molecular flexibility index (Phi) is 5.49. The highest BCUT2D eigenvalue weighted by Crippen LogP contribution is 2.34. The zero-order chi connectivity index (χ0) is 24.6. The molecule has 1 aliphatic heterocycles. The van der Waals surface area contributed by atoms with Gasteiger partial charge >= 0.3 is 0 Å². The molecule has 0 fully saturated rings. The normalized spacial score (nSPS) is 14.4. The number of aryl methyl sites for hydroxylation is 1. The molecule has 5 aromatic rings. The maximum atomic E-state index is 13.9. The van der Waals surface area contributed by atoms with Crippen LogP contribution in [0.2, 0.25) is 0 Å². The lowest BCUT2D eigenvalue weighted by Crippen LogP contribution is -2.24. The molecule has 36 heavy (non-hydrogen) atoms. The number of pyridine rings is 1. The molecule has 2 aromatic heterocycles. The number of fused-ring (bicyclic) bond motifs is 2. The van der Waals surface area contributed by atoms with E-state index in [0.29, 0.717) is 29.7 Å². The van der Waals surface area contributed by atoms with Gasteiger partial charge in [-0.15, -0.1) is 0 Å². The van der Waals surface area contributed by atoms with Crippen LogP contribution in [0.4, 0.5) is 5.69 Å². The molecule has 1 atom stereocenters. The van der Waals surface area contributed by atoms with Gasteiger partial charge in [-0.1, -0.05) is 66.7 Å². The Balaban J connectivity index is 1.46.